The number of hydrogen-bond acceptors (Lipinski definition) is 5. The van der Waals surface area contributed by atoms with Gasteiger partial charge in [0, 0.05) is 12.1 Å². The summed E-state index contributed by atoms with van der Waals surface area (Å²) >= 11 is 0. The molecule has 0 spiro atoms. The topological polar surface area (TPSA) is 122 Å². The van der Waals surface area contributed by atoms with Crippen molar-refractivity contribution >= 4 is 17.4 Å². The molecule has 0 bridgehead atoms. The summed E-state index contributed by atoms with van der Waals surface area (Å²) in [6.07, 6.45) is 0. The molecule has 0 aliphatic heterocycles. The smallest absolute Gasteiger partial charge is 0.323 e. The van der Waals surface area contributed by atoms with Gasteiger partial charge in [0.05, 0.1) is 11.4 Å². The van der Waals surface area contributed by atoms with Gasteiger partial charge in [0.25, 0.3) is 0 Å². The van der Waals surface area contributed by atoms with Crippen LogP contribution in [-0.2, 0) is 0 Å². The van der Waals surface area contributed by atoms with Crippen molar-refractivity contribution in [2.24, 2.45) is 0 Å². The monoisotopic (exact) mass is 276 g/mol. The van der Waals surface area contributed by atoms with Crippen molar-refractivity contribution in [2.75, 3.05) is 10.6 Å². The molecule has 7 heteroatoms. The summed E-state index contributed by atoms with van der Waals surface area (Å²) in [5.74, 6) is -0.780. The number of amides is 2. The van der Waals surface area contributed by atoms with Crippen LogP contribution in [0.3, 0.4) is 0 Å². The van der Waals surface area contributed by atoms with Crippen molar-refractivity contribution < 1.29 is 25.2 Å². The van der Waals surface area contributed by atoms with E-state index in [-0.39, 0.29) is 34.4 Å². The van der Waals surface area contributed by atoms with Gasteiger partial charge in [-0.05, 0) is 24.3 Å². The lowest BCUT2D eigenvalue weighted by Crippen LogP contribution is -2.19. The fourth-order valence-corrected chi connectivity index (χ4v) is 1.53. The Kier molecular flexibility index (Phi) is 3.52. The predicted octanol–water partition coefficient (Wildman–Crippen LogP) is 2.15. The molecule has 0 aliphatic rings. The number of anilines is 2. The van der Waals surface area contributed by atoms with Gasteiger partial charge >= 0.3 is 6.03 Å². The highest BCUT2D eigenvalue weighted by atomic mass is 16.3. The van der Waals surface area contributed by atoms with E-state index in [9.17, 15) is 20.1 Å². The number of aromatic hydroxyl groups is 4. The third-order valence-electron chi connectivity index (χ3n) is 2.46. The van der Waals surface area contributed by atoms with Crippen molar-refractivity contribution in [3.8, 4) is 23.0 Å². The Bertz CT molecular complexity index is 657. The maximum absolute atomic E-state index is 11.7. The van der Waals surface area contributed by atoms with E-state index in [1.54, 1.807) is 0 Å². The first kappa shape index (κ1) is 13.3. The van der Waals surface area contributed by atoms with E-state index in [0.717, 1.165) is 6.07 Å². The molecule has 104 valence electrons. The zero-order chi connectivity index (χ0) is 14.7. The minimum Gasteiger partial charge on any atom is -0.508 e. The van der Waals surface area contributed by atoms with Gasteiger partial charge in [-0.15, -0.1) is 0 Å². The van der Waals surface area contributed by atoms with E-state index < -0.39 is 6.03 Å². The second-order valence-electron chi connectivity index (χ2n) is 3.98. The Labute approximate surface area is 113 Å². The second-order valence-corrected chi connectivity index (χ2v) is 3.98. The quantitative estimate of drug-likeness (QED) is 0.370. The van der Waals surface area contributed by atoms with Crippen LogP contribution < -0.4 is 10.6 Å². The average molecular weight is 276 g/mol. The molecule has 20 heavy (non-hydrogen) atoms. The molecule has 2 aromatic carbocycles. The standard InChI is InChI=1S/C13H12N2O5/c16-7-2-4-11(18)10(5-7)15-13(20)14-9-3-1-8(17)6-12(9)19/h1-6,16-19H,(H2,14,15,20). The second kappa shape index (κ2) is 5.27. The Balaban J connectivity index is 2.11. The Morgan fingerprint density at radius 3 is 2.05 bits per heavy atom. The zero-order valence-corrected chi connectivity index (χ0v) is 10.2. The Morgan fingerprint density at radius 1 is 0.750 bits per heavy atom. The lowest BCUT2D eigenvalue weighted by Gasteiger charge is -2.10. The summed E-state index contributed by atoms with van der Waals surface area (Å²) in [4.78, 5) is 11.7. The molecule has 0 heterocycles. The largest absolute Gasteiger partial charge is 0.508 e. The number of benzene rings is 2. The SMILES string of the molecule is O=C(Nc1ccc(O)cc1O)Nc1cc(O)ccc1O. The molecule has 0 radical (unpaired) electrons. The van der Waals surface area contributed by atoms with Crippen LogP contribution in [0.1, 0.15) is 0 Å². The minimum atomic E-state index is -0.730. The number of carbonyl (C=O) groups is 1. The van der Waals surface area contributed by atoms with E-state index in [2.05, 4.69) is 10.6 Å². The molecule has 0 saturated carbocycles. The van der Waals surface area contributed by atoms with Crippen LogP contribution in [0.4, 0.5) is 16.2 Å². The molecule has 0 unspecified atom stereocenters. The van der Waals surface area contributed by atoms with Crippen LogP contribution in [-0.4, -0.2) is 26.5 Å². The van der Waals surface area contributed by atoms with Crippen LogP contribution in [0.2, 0.25) is 0 Å². The van der Waals surface area contributed by atoms with Crippen molar-refractivity contribution in [3.63, 3.8) is 0 Å². The fraction of sp³-hybridized carbons (Fsp3) is 0. The van der Waals surface area contributed by atoms with Gasteiger partial charge in [0.1, 0.15) is 23.0 Å². The fourth-order valence-electron chi connectivity index (χ4n) is 1.53. The minimum absolute atomic E-state index is 0.0146. The van der Waals surface area contributed by atoms with Crippen molar-refractivity contribution in [1.29, 1.82) is 0 Å². The summed E-state index contributed by atoms with van der Waals surface area (Å²) in [6.45, 7) is 0. The van der Waals surface area contributed by atoms with E-state index >= 15 is 0 Å². The maximum atomic E-state index is 11.7. The number of phenols is 4. The number of hydrogen-bond donors (Lipinski definition) is 6. The first-order chi connectivity index (χ1) is 9.45. The number of carbonyl (C=O) groups excluding carboxylic acids is 1. The first-order valence-corrected chi connectivity index (χ1v) is 5.57. The van der Waals surface area contributed by atoms with Crippen LogP contribution in [0, 0.1) is 0 Å². The molecule has 2 amide bonds. The molecule has 0 atom stereocenters. The van der Waals surface area contributed by atoms with Crippen LogP contribution in [0.15, 0.2) is 36.4 Å². The molecule has 2 rings (SSSR count). The third-order valence-corrected chi connectivity index (χ3v) is 2.46. The summed E-state index contributed by atoms with van der Waals surface area (Å²) in [6, 6.07) is 6.61. The maximum Gasteiger partial charge on any atom is 0.323 e. The summed E-state index contributed by atoms with van der Waals surface area (Å²) in [5.41, 5.74) is 0.0979. The van der Waals surface area contributed by atoms with Gasteiger partial charge in [-0.3, -0.25) is 0 Å². The van der Waals surface area contributed by atoms with Gasteiger partial charge in [-0.1, -0.05) is 0 Å². The summed E-state index contributed by atoms with van der Waals surface area (Å²) in [7, 11) is 0. The van der Waals surface area contributed by atoms with Gasteiger partial charge in [0.2, 0.25) is 0 Å². The van der Waals surface area contributed by atoms with Gasteiger partial charge in [0.15, 0.2) is 0 Å². The van der Waals surface area contributed by atoms with Gasteiger partial charge in [-0.25, -0.2) is 4.79 Å². The Hall–Kier alpha value is -3.09. The average Bonchev–Trinajstić information content (AvgIpc) is 2.37. The van der Waals surface area contributed by atoms with E-state index in [4.69, 9.17) is 5.11 Å². The summed E-state index contributed by atoms with van der Waals surface area (Å²) in [5, 5.41) is 42.0. The summed E-state index contributed by atoms with van der Waals surface area (Å²) < 4.78 is 0. The van der Waals surface area contributed by atoms with Crippen LogP contribution in [0.5, 0.6) is 23.0 Å². The zero-order valence-electron chi connectivity index (χ0n) is 10.2. The van der Waals surface area contributed by atoms with E-state index in [1.807, 2.05) is 0 Å². The molecule has 0 aromatic heterocycles. The first-order valence-electron chi connectivity index (χ1n) is 5.57. The predicted molar refractivity (Wildman–Crippen MR) is 72.2 cm³/mol. The highest BCUT2D eigenvalue weighted by Crippen LogP contribution is 2.29. The molecule has 0 saturated heterocycles. The number of rotatable bonds is 2. The molecule has 2 aromatic rings. The number of nitrogens with one attached hydrogen (secondary N) is 2. The lowest BCUT2D eigenvalue weighted by molar-refractivity contribution is 0.262. The molecular formula is C13H12N2O5. The molecule has 7 nitrogen and oxygen atoms in total. The van der Waals surface area contributed by atoms with Crippen molar-refractivity contribution in [2.45, 2.75) is 0 Å². The number of phenolic OH excluding ortho intramolecular Hbond substituents is 4. The number of urea groups is 1. The van der Waals surface area contributed by atoms with Gasteiger partial charge in [-0.2, -0.15) is 0 Å². The van der Waals surface area contributed by atoms with E-state index in [0.29, 0.717) is 0 Å². The Morgan fingerprint density at radius 2 is 1.35 bits per heavy atom. The molecule has 0 aliphatic carbocycles. The van der Waals surface area contributed by atoms with E-state index in [1.165, 1.54) is 30.3 Å². The van der Waals surface area contributed by atoms with Crippen LogP contribution in [0.25, 0.3) is 0 Å². The lowest BCUT2D eigenvalue weighted by atomic mass is 10.2. The normalized spacial score (nSPS) is 10.0. The third kappa shape index (κ3) is 3.02. The molecule has 0 fully saturated rings. The van der Waals surface area contributed by atoms with Crippen LogP contribution >= 0.6 is 0 Å². The molecule has 6 N–H and O–H groups in total. The molecular weight excluding hydrogens is 264 g/mol. The highest BCUT2D eigenvalue weighted by molar-refractivity contribution is 6.01. The van der Waals surface area contributed by atoms with Crippen molar-refractivity contribution in [1.82, 2.24) is 0 Å². The van der Waals surface area contributed by atoms with Crippen molar-refractivity contribution in [3.05, 3.63) is 36.4 Å². The van der Waals surface area contributed by atoms with Gasteiger partial charge < -0.3 is 31.1 Å². The highest BCUT2D eigenvalue weighted by Gasteiger charge is 2.10.